The maximum Gasteiger partial charge on any atom is 0.228 e. The van der Waals surface area contributed by atoms with E-state index in [2.05, 4.69) is 25.1 Å². The number of methoxy groups -OCH3 is 1. The summed E-state index contributed by atoms with van der Waals surface area (Å²) in [5, 5.41) is 0. The van der Waals surface area contributed by atoms with E-state index in [4.69, 9.17) is 9.47 Å². The molecule has 0 aliphatic carbocycles. The number of carbonyl (C=O) groups excluding carboxylic acids is 1. The van der Waals surface area contributed by atoms with Gasteiger partial charge in [-0.05, 0) is 37.0 Å². The highest BCUT2D eigenvalue weighted by molar-refractivity contribution is 5.79. The van der Waals surface area contributed by atoms with Crippen LogP contribution in [0.1, 0.15) is 24.5 Å². The van der Waals surface area contributed by atoms with Crippen LogP contribution in [0.25, 0.3) is 0 Å². The van der Waals surface area contributed by atoms with Crippen LogP contribution in [0.5, 0.6) is 5.75 Å². The average Bonchev–Trinajstić information content (AvgIpc) is 3.21. The van der Waals surface area contributed by atoms with Crippen LogP contribution in [0.3, 0.4) is 0 Å². The fourth-order valence-corrected chi connectivity index (χ4v) is 3.49. The molecule has 1 amide bonds. The summed E-state index contributed by atoms with van der Waals surface area (Å²) in [6, 6.07) is 18.3. The molecule has 2 unspecified atom stereocenters. The van der Waals surface area contributed by atoms with Crippen LogP contribution in [0, 0.1) is 5.92 Å². The highest BCUT2D eigenvalue weighted by Crippen LogP contribution is 2.24. The van der Waals surface area contributed by atoms with Gasteiger partial charge in [-0.25, -0.2) is 0 Å². The second kappa shape index (κ2) is 8.86. The van der Waals surface area contributed by atoms with E-state index in [1.807, 2.05) is 41.3 Å². The molecule has 1 heterocycles. The summed E-state index contributed by atoms with van der Waals surface area (Å²) < 4.78 is 10.9. The van der Waals surface area contributed by atoms with Gasteiger partial charge in [0.15, 0.2) is 0 Å². The third-order valence-corrected chi connectivity index (χ3v) is 5.00. The van der Waals surface area contributed by atoms with Crippen LogP contribution < -0.4 is 4.74 Å². The van der Waals surface area contributed by atoms with Gasteiger partial charge in [0.2, 0.25) is 5.91 Å². The SMILES string of the molecule is COc1ccccc1CC(C)N(Cc1ccccc1)C(=O)C1CCOC1. The Labute approximate surface area is 155 Å². The molecule has 1 aliphatic heterocycles. The number of hydrogen-bond donors (Lipinski definition) is 0. The maximum absolute atomic E-state index is 13.2. The Morgan fingerprint density at radius 2 is 1.92 bits per heavy atom. The van der Waals surface area contributed by atoms with Crippen LogP contribution in [0.4, 0.5) is 0 Å². The summed E-state index contributed by atoms with van der Waals surface area (Å²) in [5.41, 5.74) is 2.27. The summed E-state index contributed by atoms with van der Waals surface area (Å²) in [4.78, 5) is 15.2. The van der Waals surface area contributed by atoms with E-state index in [-0.39, 0.29) is 17.9 Å². The minimum Gasteiger partial charge on any atom is -0.496 e. The molecule has 0 bridgehead atoms. The van der Waals surface area contributed by atoms with Crippen molar-refractivity contribution in [2.75, 3.05) is 20.3 Å². The number of benzene rings is 2. The lowest BCUT2D eigenvalue weighted by Gasteiger charge is -2.32. The first kappa shape index (κ1) is 18.5. The second-order valence-corrected chi connectivity index (χ2v) is 6.88. The molecule has 4 nitrogen and oxygen atoms in total. The number of carbonyl (C=O) groups is 1. The van der Waals surface area contributed by atoms with Crippen LogP contribution in [-0.4, -0.2) is 37.2 Å². The van der Waals surface area contributed by atoms with Gasteiger partial charge < -0.3 is 14.4 Å². The highest BCUT2D eigenvalue weighted by Gasteiger charge is 2.31. The van der Waals surface area contributed by atoms with E-state index in [9.17, 15) is 4.79 Å². The van der Waals surface area contributed by atoms with E-state index in [1.165, 1.54) is 0 Å². The van der Waals surface area contributed by atoms with E-state index in [0.29, 0.717) is 19.8 Å². The van der Waals surface area contributed by atoms with E-state index in [1.54, 1.807) is 7.11 Å². The number of hydrogen-bond acceptors (Lipinski definition) is 3. The number of ether oxygens (including phenoxy) is 2. The normalized spacial score (nSPS) is 17.7. The standard InChI is InChI=1S/C22H27NO3/c1-17(14-19-10-6-7-11-21(19)25-2)23(15-18-8-4-3-5-9-18)22(24)20-12-13-26-16-20/h3-11,17,20H,12-16H2,1-2H3. The molecule has 2 atom stereocenters. The zero-order valence-corrected chi connectivity index (χ0v) is 15.6. The number of para-hydroxylation sites is 1. The molecule has 138 valence electrons. The summed E-state index contributed by atoms with van der Waals surface area (Å²) >= 11 is 0. The molecule has 0 N–H and O–H groups in total. The van der Waals surface area contributed by atoms with Gasteiger partial charge in [0.25, 0.3) is 0 Å². The Kier molecular flexibility index (Phi) is 6.29. The zero-order valence-electron chi connectivity index (χ0n) is 15.6. The molecule has 1 saturated heterocycles. The number of rotatable bonds is 7. The number of amides is 1. The Balaban J connectivity index is 1.80. The lowest BCUT2D eigenvalue weighted by atomic mass is 10.0. The number of nitrogens with zero attached hydrogens (tertiary/aromatic N) is 1. The predicted octanol–water partition coefficient (Wildman–Crippen LogP) is 3.69. The Bertz CT molecular complexity index is 710. The monoisotopic (exact) mass is 353 g/mol. The molecule has 0 spiro atoms. The quantitative estimate of drug-likeness (QED) is 0.762. The van der Waals surface area contributed by atoms with E-state index < -0.39 is 0 Å². The largest absolute Gasteiger partial charge is 0.496 e. The molecule has 0 saturated carbocycles. The maximum atomic E-state index is 13.2. The van der Waals surface area contributed by atoms with Crippen molar-refractivity contribution >= 4 is 5.91 Å². The van der Waals surface area contributed by atoms with Gasteiger partial charge >= 0.3 is 0 Å². The van der Waals surface area contributed by atoms with Gasteiger partial charge in [-0.2, -0.15) is 0 Å². The minimum absolute atomic E-state index is 0.0289. The summed E-state index contributed by atoms with van der Waals surface area (Å²) in [7, 11) is 1.69. The van der Waals surface area contributed by atoms with Crippen LogP contribution in [0.15, 0.2) is 54.6 Å². The molecular formula is C22H27NO3. The van der Waals surface area contributed by atoms with Gasteiger partial charge in [0.05, 0.1) is 19.6 Å². The molecule has 26 heavy (non-hydrogen) atoms. The smallest absolute Gasteiger partial charge is 0.228 e. The fourth-order valence-electron chi connectivity index (χ4n) is 3.49. The van der Waals surface area contributed by atoms with Gasteiger partial charge in [-0.1, -0.05) is 48.5 Å². The molecule has 2 aromatic carbocycles. The first-order chi connectivity index (χ1) is 12.7. The zero-order chi connectivity index (χ0) is 18.4. The third-order valence-electron chi connectivity index (χ3n) is 5.00. The fraction of sp³-hybridized carbons (Fsp3) is 0.409. The summed E-state index contributed by atoms with van der Waals surface area (Å²) in [6.07, 6.45) is 1.57. The van der Waals surface area contributed by atoms with Gasteiger partial charge in [-0.15, -0.1) is 0 Å². The molecule has 4 heteroatoms. The Hall–Kier alpha value is -2.33. The van der Waals surface area contributed by atoms with Crippen molar-refractivity contribution in [2.24, 2.45) is 5.92 Å². The third kappa shape index (κ3) is 4.44. The summed E-state index contributed by atoms with van der Waals surface area (Å²) in [6.45, 7) is 3.94. The molecule has 1 aliphatic rings. The average molecular weight is 353 g/mol. The highest BCUT2D eigenvalue weighted by atomic mass is 16.5. The van der Waals surface area contributed by atoms with Gasteiger partial charge in [0.1, 0.15) is 5.75 Å². The van der Waals surface area contributed by atoms with Crippen molar-refractivity contribution in [3.05, 3.63) is 65.7 Å². The molecule has 0 radical (unpaired) electrons. The van der Waals surface area contributed by atoms with Crippen molar-refractivity contribution in [1.82, 2.24) is 4.90 Å². The van der Waals surface area contributed by atoms with E-state index >= 15 is 0 Å². The van der Waals surface area contributed by atoms with Crippen LogP contribution in [-0.2, 0) is 22.5 Å². The first-order valence-electron chi connectivity index (χ1n) is 9.23. The van der Waals surface area contributed by atoms with Gasteiger partial charge in [-0.3, -0.25) is 4.79 Å². The Morgan fingerprint density at radius 3 is 2.62 bits per heavy atom. The topological polar surface area (TPSA) is 38.8 Å². The van der Waals surface area contributed by atoms with E-state index in [0.717, 1.165) is 29.7 Å². The van der Waals surface area contributed by atoms with Crippen molar-refractivity contribution < 1.29 is 14.3 Å². The molecule has 3 rings (SSSR count). The predicted molar refractivity (Wildman–Crippen MR) is 102 cm³/mol. The molecular weight excluding hydrogens is 326 g/mol. The molecule has 1 fully saturated rings. The van der Waals surface area contributed by atoms with Crippen molar-refractivity contribution in [3.63, 3.8) is 0 Å². The van der Waals surface area contributed by atoms with Crippen molar-refractivity contribution in [1.29, 1.82) is 0 Å². The minimum atomic E-state index is -0.0289. The molecule has 2 aromatic rings. The lowest BCUT2D eigenvalue weighted by molar-refractivity contribution is -0.138. The van der Waals surface area contributed by atoms with Crippen LogP contribution in [0.2, 0.25) is 0 Å². The second-order valence-electron chi connectivity index (χ2n) is 6.88. The van der Waals surface area contributed by atoms with Gasteiger partial charge in [0, 0.05) is 19.2 Å². The molecule has 0 aromatic heterocycles. The Morgan fingerprint density at radius 1 is 1.19 bits per heavy atom. The van der Waals surface area contributed by atoms with Crippen molar-refractivity contribution in [2.45, 2.75) is 32.4 Å². The van der Waals surface area contributed by atoms with Crippen LogP contribution >= 0.6 is 0 Å². The summed E-state index contributed by atoms with van der Waals surface area (Å²) in [5.74, 6) is 1.03. The lowest BCUT2D eigenvalue weighted by Crippen LogP contribution is -2.43. The van der Waals surface area contributed by atoms with Crippen molar-refractivity contribution in [3.8, 4) is 5.75 Å². The first-order valence-corrected chi connectivity index (χ1v) is 9.23.